The molecule has 1 aliphatic heterocycles. The lowest BCUT2D eigenvalue weighted by Gasteiger charge is -2.32. The zero-order valence-electron chi connectivity index (χ0n) is 14.3. The summed E-state index contributed by atoms with van der Waals surface area (Å²) in [5.74, 6) is -0.458. The molecule has 0 fully saturated rings. The Balaban J connectivity index is 1.68. The number of rotatable bonds is 3. The Hall–Kier alpha value is -3.26. The molecule has 3 heterocycles. The minimum atomic E-state index is -0.463. The number of benzene rings is 1. The van der Waals surface area contributed by atoms with Crippen molar-refractivity contribution in [3.63, 3.8) is 0 Å². The number of anilines is 2. The lowest BCUT2D eigenvalue weighted by atomic mass is 10.1. The summed E-state index contributed by atoms with van der Waals surface area (Å²) in [7, 11) is 0. The van der Waals surface area contributed by atoms with Crippen molar-refractivity contribution in [3.8, 4) is 0 Å². The first-order valence-electron chi connectivity index (χ1n) is 8.27. The van der Waals surface area contributed by atoms with Crippen LogP contribution in [0.5, 0.6) is 0 Å². The number of aromatic nitrogens is 4. The molecule has 8 nitrogen and oxygen atoms in total. The van der Waals surface area contributed by atoms with Crippen molar-refractivity contribution in [2.75, 3.05) is 16.8 Å². The van der Waals surface area contributed by atoms with Crippen LogP contribution in [0.3, 0.4) is 0 Å². The highest BCUT2D eigenvalue weighted by atomic mass is 35.5. The van der Waals surface area contributed by atoms with Crippen LogP contribution in [0.15, 0.2) is 49.1 Å². The van der Waals surface area contributed by atoms with Gasteiger partial charge >= 0.3 is 0 Å². The van der Waals surface area contributed by atoms with Gasteiger partial charge in [-0.1, -0.05) is 11.6 Å². The summed E-state index contributed by atoms with van der Waals surface area (Å²) >= 11 is 5.94. The molecule has 1 N–H and O–H groups in total. The van der Waals surface area contributed by atoms with E-state index in [0.29, 0.717) is 23.1 Å². The second kappa shape index (κ2) is 6.81. The molecule has 1 aromatic carbocycles. The number of fused-ring (bicyclic) bond motifs is 1. The Morgan fingerprint density at radius 3 is 2.70 bits per heavy atom. The van der Waals surface area contributed by atoms with Gasteiger partial charge in [0, 0.05) is 29.6 Å². The first kappa shape index (κ1) is 17.2. The summed E-state index contributed by atoms with van der Waals surface area (Å²) < 4.78 is 1.58. The highest BCUT2D eigenvalue weighted by Gasteiger charge is 2.35. The van der Waals surface area contributed by atoms with E-state index in [1.807, 2.05) is 6.92 Å². The van der Waals surface area contributed by atoms with E-state index in [1.54, 1.807) is 33.8 Å². The second-order valence-electron chi connectivity index (χ2n) is 6.14. The standard InChI is InChI=1S/C18H15ClN6O2/c1-11-10-24(13-4-2-12(19)3-5-13)18(27)16-14(8-22-25(11)16)17(26)23-15-9-20-6-7-21-15/h2-9,11H,10H2,1H3,(H,21,23,26)/t11-/m0/s1. The van der Waals surface area contributed by atoms with Crippen LogP contribution in [0.4, 0.5) is 11.5 Å². The smallest absolute Gasteiger partial charge is 0.277 e. The summed E-state index contributed by atoms with van der Waals surface area (Å²) in [5.41, 5.74) is 1.14. The third kappa shape index (κ3) is 3.15. The fourth-order valence-corrected chi connectivity index (χ4v) is 3.15. The summed E-state index contributed by atoms with van der Waals surface area (Å²) in [6.45, 7) is 2.39. The molecule has 4 rings (SSSR count). The van der Waals surface area contributed by atoms with Crippen LogP contribution >= 0.6 is 11.6 Å². The van der Waals surface area contributed by atoms with Gasteiger partial charge in [-0.2, -0.15) is 5.10 Å². The molecule has 9 heteroatoms. The van der Waals surface area contributed by atoms with Crippen LogP contribution < -0.4 is 10.2 Å². The van der Waals surface area contributed by atoms with E-state index in [2.05, 4.69) is 20.4 Å². The molecule has 2 aromatic heterocycles. The Kier molecular flexibility index (Phi) is 4.33. The van der Waals surface area contributed by atoms with Crippen molar-refractivity contribution in [2.24, 2.45) is 0 Å². The average Bonchev–Trinajstić information content (AvgIpc) is 3.12. The van der Waals surface area contributed by atoms with E-state index < -0.39 is 5.91 Å². The van der Waals surface area contributed by atoms with Gasteiger partial charge in [0.1, 0.15) is 5.69 Å². The lowest BCUT2D eigenvalue weighted by molar-refractivity contribution is 0.0939. The zero-order chi connectivity index (χ0) is 19.0. The molecule has 0 radical (unpaired) electrons. The highest BCUT2D eigenvalue weighted by molar-refractivity contribution is 6.30. The molecule has 0 bridgehead atoms. The Morgan fingerprint density at radius 1 is 1.22 bits per heavy atom. The monoisotopic (exact) mass is 382 g/mol. The number of amides is 2. The largest absolute Gasteiger partial charge is 0.305 e. The normalized spacial score (nSPS) is 16.1. The van der Waals surface area contributed by atoms with E-state index in [1.165, 1.54) is 24.8 Å². The van der Waals surface area contributed by atoms with Crippen LogP contribution in [0.25, 0.3) is 0 Å². The fourth-order valence-electron chi connectivity index (χ4n) is 3.02. The average molecular weight is 383 g/mol. The van der Waals surface area contributed by atoms with Gasteiger partial charge in [-0.15, -0.1) is 0 Å². The van der Waals surface area contributed by atoms with Gasteiger partial charge in [-0.25, -0.2) is 4.98 Å². The first-order chi connectivity index (χ1) is 13.0. The van der Waals surface area contributed by atoms with Crippen molar-refractivity contribution < 1.29 is 9.59 Å². The minimum absolute atomic E-state index is 0.0913. The topological polar surface area (TPSA) is 93.0 Å². The molecule has 3 aromatic rings. The maximum Gasteiger partial charge on any atom is 0.277 e. The Bertz CT molecular complexity index is 1000. The molecular weight excluding hydrogens is 368 g/mol. The number of carbonyl (C=O) groups is 2. The number of hydrogen-bond donors (Lipinski definition) is 1. The van der Waals surface area contributed by atoms with Crippen LogP contribution in [-0.4, -0.2) is 38.1 Å². The lowest BCUT2D eigenvalue weighted by Crippen LogP contribution is -2.43. The van der Waals surface area contributed by atoms with Crippen LogP contribution in [0, 0.1) is 0 Å². The summed E-state index contributed by atoms with van der Waals surface area (Å²) in [4.78, 5) is 35.3. The quantitative estimate of drug-likeness (QED) is 0.751. The molecule has 1 atom stereocenters. The number of carbonyl (C=O) groups excluding carboxylic acids is 2. The van der Waals surface area contributed by atoms with Gasteiger partial charge in [0.15, 0.2) is 5.82 Å². The summed E-state index contributed by atoms with van der Waals surface area (Å²) in [5, 5.41) is 7.47. The predicted molar refractivity (Wildman–Crippen MR) is 100 cm³/mol. The second-order valence-corrected chi connectivity index (χ2v) is 6.57. The van der Waals surface area contributed by atoms with Crippen molar-refractivity contribution >= 4 is 34.9 Å². The first-order valence-corrected chi connectivity index (χ1v) is 8.64. The van der Waals surface area contributed by atoms with E-state index >= 15 is 0 Å². The summed E-state index contributed by atoms with van der Waals surface area (Å²) in [6, 6.07) is 6.91. The van der Waals surface area contributed by atoms with Gasteiger partial charge in [0.2, 0.25) is 0 Å². The maximum absolute atomic E-state index is 13.1. The Labute approximate surface area is 159 Å². The van der Waals surface area contributed by atoms with Crippen molar-refractivity contribution in [1.29, 1.82) is 0 Å². The van der Waals surface area contributed by atoms with E-state index in [-0.39, 0.29) is 23.2 Å². The van der Waals surface area contributed by atoms with Gasteiger partial charge in [0.05, 0.1) is 24.0 Å². The molecular formula is C18H15ClN6O2. The van der Waals surface area contributed by atoms with E-state index in [0.717, 1.165) is 0 Å². The third-order valence-corrected chi connectivity index (χ3v) is 4.55. The van der Waals surface area contributed by atoms with Crippen LogP contribution in [0.1, 0.15) is 33.8 Å². The number of nitrogens with zero attached hydrogens (tertiary/aromatic N) is 5. The fraction of sp³-hybridized carbons (Fsp3) is 0.167. The number of nitrogens with one attached hydrogen (secondary N) is 1. The van der Waals surface area contributed by atoms with Crippen LogP contribution in [-0.2, 0) is 0 Å². The van der Waals surface area contributed by atoms with Gasteiger partial charge < -0.3 is 10.2 Å². The van der Waals surface area contributed by atoms with Crippen molar-refractivity contribution in [3.05, 3.63) is 65.3 Å². The molecule has 0 spiro atoms. The molecule has 0 aliphatic carbocycles. The molecule has 27 heavy (non-hydrogen) atoms. The molecule has 0 saturated heterocycles. The predicted octanol–water partition coefficient (Wildman–Crippen LogP) is 2.80. The van der Waals surface area contributed by atoms with Gasteiger partial charge in [-0.3, -0.25) is 19.3 Å². The van der Waals surface area contributed by atoms with Gasteiger partial charge in [0.25, 0.3) is 11.8 Å². The maximum atomic E-state index is 13.1. The van der Waals surface area contributed by atoms with Gasteiger partial charge in [-0.05, 0) is 31.2 Å². The molecule has 2 amide bonds. The molecule has 1 aliphatic rings. The van der Waals surface area contributed by atoms with Crippen LogP contribution in [0.2, 0.25) is 5.02 Å². The van der Waals surface area contributed by atoms with E-state index in [4.69, 9.17) is 11.6 Å². The third-order valence-electron chi connectivity index (χ3n) is 4.30. The number of hydrogen-bond acceptors (Lipinski definition) is 5. The number of halogens is 1. The zero-order valence-corrected chi connectivity index (χ0v) is 15.1. The highest BCUT2D eigenvalue weighted by Crippen LogP contribution is 2.28. The van der Waals surface area contributed by atoms with Crippen molar-refractivity contribution in [2.45, 2.75) is 13.0 Å². The summed E-state index contributed by atoms with van der Waals surface area (Å²) in [6.07, 6.45) is 5.81. The minimum Gasteiger partial charge on any atom is -0.305 e. The van der Waals surface area contributed by atoms with Crippen molar-refractivity contribution in [1.82, 2.24) is 19.7 Å². The molecule has 0 unspecified atom stereocenters. The van der Waals surface area contributed by atoms with E-state index in [9.17, 15) is 9.59 Å². The molecule has 136 valence electrons. The Morgan fingerprint density at radius 2 is 2.00 bits per heavy atom. The molecule has 0 saturated carbocycles. The SMILES string of the molecule is C[C@H]1CN(c2ccc(Cl)cc2)C(=O)c2c(C(=O)Nc3cnccn3)cnn21.